The number of nitrogens with zero attached hydrogens (tertiary/aromatic N) is 3. The lowest BCUT2D eigenvalue weighted by atomic mass is 9.94. The number of para-hydroxylation sites is 2. The number of likely N-dealkylation sites (N-methyl/N-ethyl adjacent to an activating group) is 1. The van der Waals surface area contributed by atoms with Crippen LogP contribution in [0.15, 0.2) is 60.9 Å². The Morgan fingerprint density at radius 2 is 1.52 bits per heavy atom. The first kappa shape index (κ1) is 26.7. The number of hydrogen-bond acceptors (Lipinski definition) is 3. The molecule has 6 rings (SSSR count). The van der Waals surface area contributed by atoms with Gasteiger partial charge in [0.25, 0.3) is 11.8 Å². The molecule has 2 aliphatic heterocycles. The number of amides is 1. The smallest absolute Gasteiger partial charge is 0.252 e. The van der Waals surface area contributed by atoms with Gasteiger partial charge >= 0.3 is 0 Å². The average Bonchev–Trinajstić information content (AvgIpc) is 3.51. The summed E-state index contributed by atoms with van der Waals surface area (Å²) in [5, 5.41) is 4.98. The summed E-state index contributed by atoms with van der Waals surface area (Å²) >= 11 is 0. The number of allylic oxidation sites excluding steroid dienone is 1. The first-order valence-corrected chi connectivity index (χ1v) is 14.2. The number of nitrogens with one attached hydrogen (secondary N) is 1. The van der Waals surface area contributed by atoms with E-state index in [9.17, 15) is 13.6 Å². The highest BCUT2D eigenvalue weighted by Crippen LogP contribution is 2.36. The summed E-state index contributed by atoms with van der Waals surface area (Å²) in [7, 11) is 1.67. The van der Waals surface area contributed by atoms with E-state index >= 15 is 0 Å². The lowest BCUT2D eigenvalue weighted by Gasteiger charge is -2.34. The number of hydrogen-bond donors (Lipinski definition) is 1. The van der Waals surface area contributed by atoms with E-state index in [1.54, 1.807) is 7.05 Å². The fourth-order valence-electron chi connectivity index (χ4n) is 6.29. The lowest BCUT2D eigenvalue weighted by molar-refractivity contribution is -0.115. The molecule has 1 N–H and O–H groups in total. The molecule has 1 unspecified atom stereocenters. The van der Waals surface area contributed by atoms with E-state index < -0.39 is 5.92 Å². The highest BCUT2D eigenvalue weighted by Gasteiger charge is 2.34. The number of carbonyl (C=O) groups is 1. The van der Waals surface area contributed by atoms with Crippen LogP contribution in [-0.4, -0.2) is 65.3 Å². The van der Waals surface area contributed by atoms with E-state index in [2.05, 4.69) is 56.0 Å². The van der Waals surface area contributed by atoms with Gasteiger partial charge in [0.05, 0.1) is 18.3 Å². The van der Waals surface area contributed by atoms with Crippen LogP contribution in [0.4, 0.5) is 8.78 Å². The number of rotatable bonds is 3. The first-order valence-electron chi connectivity index (χ1n) is 14.2. The van der Waals surface area contributed by atoms with Gasteiger partial charge in [-0.3, -0.25) is 4.79 Å². The molecule has 6 nitrogen and oxygen atoms in total. The maximum Gasteiger partial charge on any atom is 0.252 e. The number of benzene rings is 2. The summed E-state index contributed by atoms with van der Waals surface area (Å²) in [4.78, 5) is 15.5. The van der Waals surface area contributed by atoms with E-state index in [0.29, 0.717) is 38.4 Å². The molecule has 2 aliphatic rings. The van der Waals surface area contributed by atoms with Crippen LogP contribution in [0, 0.1) is 0 Å². The fourth-order valence-corrected chi connectivity index (χ4v) is 6.29. The number of halogens is 2. The zero-order valence-electron chi connectivity index (χ0n) is 23.1. The van der Waals surface area contributed by atoms with Gasteiger partial charge in [0, 0.05) is 97.9 Å². The molecule has 0 radical (unpaired) electrons. The van der Waals surface area contributed by atoms with Gasteiger partial charge in [-0.25, -0.2) is 8.78 Å². The first-order chi connectivity index (χ1) is 19.3. The van der Waals surface area contributed by atoms with Crippen molar-refractivity contribution < 1.29 is 18.3 Å². The van der Waals surface area contributed by atoms with Gasteiger partial charge in [-0.05, 0) is 31.1 Å². The van der Waals surface area contributed by atoms with Gasteiger partial charge in [-0.15, -0.1) is 0 Å². The lowest BCUT2D eigenvalue weighted by Crippen LogP contribution is -2.43. The fraction of sp³-hybridized carbons (Fsp3) is 0.406. The second-order valence-corrected chi connectivity index (χ2v) is 11.0. The van der Waals surface area contributed by atoms with Gasteiger partial charge in [-0.2, -0.15) is 0 Å². The number of aromatic nitrogens is 2. The molecule has 1 saturated heterocycles. The van der Waals surface area contributed by atoms with Gasteiger partial charge in [0.2, 0.25) is 0 Å². The van der Waals surface area contributed by atoms with Crippen LogP contribution in [0.2, 0.25) is 0 Å². The topological polar surface area (TPSA) is 51.4 Å². The molecule has 1 atom stereocenters. The quantitative estimate of drug-likeness (QED) is 0.354. The molecular weight excluding hydrogens is 510 g/mol. The van der Waals surface area contributed by atoms with Crippen LogP contribution in [0.1, 0.15) is 37.3 Å². The van der Waals surface area contributed by atoms with Crippen LogP contribution in [-0.2, 0) is 22.6 Å². The van der Waals surface area contributed by atoms with Crippen molar-refractivity contribution in [2.45, 2.75) is 51.3 Å². The molecule has 1 fully saturated rings. The predicted octanol–water partition coefficient (Wildman–Crippen LogP) is 5.79. The number of ether oxygens (including phenoxy) is 1. The number of aryl methyl sites for hydroxylation is 1. The maximum absolute atomic E-state index is 13.8. The minimum atomic E-state index is -2.56. The molecule has 8 heteroatoms. The zero-order valence-corrected chi connectivity index (χ0v) is 23.1. The average molecular weight is 547 g/mol. The van der Waals surface area contributed by atoms with E-state index in [1.165, 1.54) is 0 Å². The molecular formula is C32H36F2N4O2. The summed E-state index contributed by atoms with van der Waals surface area (Å²) in [6.45, 7) is 5.30. The minimum Gasteiger partial charge on any atom is -0.375 e. The minimum absolute atomic E-state index is 0.0846. The predicted molar refractivity (Wildman–Crippen MR) is 155 cm³/mol. The largest absolute Gasteiger partial charge is 0.375 e. The van der Waals surface area contributed by atoms with Crippen LogP contribution in [0.5, 0.6) is 0 Å². The number of likely N-dealkylation sites (tertiary alicyclic amines) is 1. The molecule has 210 valence electrons. The molecule has 4 bridgehead atoms. The molecule has 0 aliphatic carbocycles. The van der Waals surface area contributed by atoms with Gasteiger partial charge in [0.1, 0.15) is 0 Å². The van der Waals surface area contributed by atoms with Crippen molar-refractivity contribution in [2.75, 3.05) is 33.3 Å². The van der Waals surface area contributed by atoms with E-state index in [0.717, 1.165) is 51.5 Å². The van der Waals surface area contributed by atoms with Crippen molar-refractivity contribution in [1.29, 1.82) is 0 Å². The molecule has 4 heterocycles. The molecule has 0 spiro atoms. The Bertz CT molecular complexity index is 1570. The highest BCUT2D eigenvalue weighted by atomic mass is 19.3. The normalized spacial score (nSPS) is 22.4. The van der Waals surface area contributed by atoms with E-state index in [1.807, 2.05) is 31.2 Å². The molecule has 2 aromatic carbocycles. The molecule has 1 amide bonds. The van der Waals surface area contributed by atoms with Crippen LogP contribution in [0.25, 0.3) is 33.0 Å². The van der Waals surface area contributed by atoms with Crippen molar-refractivity contribution in [3.8, 4) is 0 Å². The number of carbonyl (C=O) groups excluding carboxylic acids is 1. The number of piperidine rings is 1. The summed E-state index contributed by atoms with van der Waals surface area (Å²) in [6, 6.07) is 16.4. The molecule has 40 heavy (non-hydrogen) atoms. The monoisotopic (exact) mass is 546 g/mol. The highest BCUT2D eigenvalue weighted by molar-refractivity contribution is 6.30. The second-order valence-electron chi connectivity index (χ2n) is 11.0. The Balaban J connectivity index is 1.45. The molecule has 2 aromatic heterocycles. The van der Waals surface area contributed by atoms with Crippen molar-refractivity contribution in [1.82, 2.24) is 19.4 Å². The summed E-state index contributed by atoms with van der Waals surface area (Å²) in [5.41, 5.74) is 5.66. The standard InChI is InChI=1S/C32H36F2N4O2/c1-22-26-20-37(28-9-5-3-7-24(26)28)14-11-23(19-36-15-12-32(33,34)13-16-36)40-18-17-38-21-27(30(22)31(39)35-2)25-8-4-6-10-29(25)38/h3-10,20-21,23H,11-19H2,1-2H3,(H,35,39)/b30-22+. The second kappa shape index (κ2) is 10.8. The SMILES string of the molecule is CNC(=O)/C1=C(\C)c2cn(c3ccccc23)CCC(CN2CCC(F)(F)CC2)OCCn2cc1c1ccccc12. The third kappa shape index (κ3) is 5.06. The maximum atomic E-state index is 13.8. The Morgan fingerprint density at radius 1 is 0.925 bits per heavy atom. The Morgan fingerprint density at radius 3 is 2.20 bits per heavy atom. The van der Waals surface area contributed by atoms with Gasteiger partial charge in [0.15, 0.2) is 0 Å². The van der Waals surface area contributed by atoms with Crippen LogP contribution >= 0.6 is 0 Å². The number of fused-ring (bicyclic) bond motifs is 10. The van der Waals surface area contributed by atoms with Crippen molar-refractivity contribution in [3.63, 3.8) is 0 Å². The van der Waals surface area contributed by atoms with E-state index in [4.69, 9.17) is 4.74 Å². The van der Waals surface area contributed by atoms with E-state index in [-0.39, 0.29) is 24.9 Å². The van der Waals surface area contributed by atoms with Crippen molar-refractivity contribution in [2.24, 2.45) is 0 Å². The van der Waals surface area contributed by atoms with Gasteiger partial charge in [-0.1, -0.05) is 36.4 Å². The zero-order chi connectivity index (χ0) is 27.9. The summed E-state index contributed by atoms with van der Waals surface area (Å²) < 4.78 is 38.5. The molecule has 0 saturated carbocycles. The summed E-state index contributed by atoms with van der Waals surface area (Å²) in [6.07, 6.45) is 4.69. The Labute approximate surface area is 233 Å². The Hall–Kier alpha value is -3.49. The number of alkyl halides is 2. The van der Waals surface area contributed by atoms with Crippen LogP contribution in [0.3, 0.4) is 0 Å². The molecule has 4 aromatic rings. The van der Waals surface area contributed by atoms with Crippen LogP contribution < -0.4 is 5.32 Å². The van der Waals surface area contributed by atoms with Gasteiger partial charge < -0.3 is 24.1 Å². The Kier molecular flexibility index (Phi) is 7.23. The van der Waals surface area contributed by atoms with Crippen molar-refractivity contribution in [3.05, 3.63) is 72.1 Å². The third-order valence-electron chi connectivity index (χ3n) is 8.51. The van der Waals surface area contributed by atoms with Crippen molar-refractivity contribution >= 4 is 38.9 Å². The third-order valence-corrected chi connectivity index (χ3v) is 8.51. The summed E-state index contributed by atoms with van der Waals surface area (Å²) in [5.74, 6) is -2.68.